The summed E-state index contributed by atoms with van der Waals surface area (Å²) in [6.07, 6.45) is 2.73. The number of hydrogen-bond donors (Lipinski definition) is 0. The van der Waals surface area contributed by atoms with Crippen LogP contribution in [0.15, 0.2) is 40.8 Å². The molecule has 0 fully saturated rings. The van der Waals surface area contributed by atoms with E-state index in [1.807, 2.05) is 36.4 Å². The first-order chi connectivity index (χ1) is 16.0. The molecular formula is C28H38N2O3. The summed E-state index contributed by atoms with van der Waals surface area (Å²) in [4.78, 5) is 30.4. The molecule has 3 rings (SSSR count). The number of ketones is 2. The number of nitrogens with zero attached hydrogens (tertiary/aromatic N) is 2. The summed E-state index contributed by atoms with van der Waals surface area (Å²) in [7, 11) is 0. The molecule has 2 aromatic carbocycles. The van der Waals surface area contributed by atoms with Crippen molar-refractivity contribution in [3.8, 4) is 0 Å². The third kappa shape index (κ3) is 6.10. The molecule has 5 heteroatoms. The van der Waals surface area contributed by atoms with Gasteiger partial charge in [0.1, 0.15) is 11.2 Å². The molecule has 1 heterocycles. The fourth-order valence-electron chi connectivity index (χ4n) is 4.48. The zero-order chi connectivity index (χ0) is 23.8. The first-order valence-electron chi connectivity index (χ1n) is 12.5. The molecule has 1 aromatic heterocycles. The number of furan rings is 1. The van der Waals surface area contributed by atoms with E-state index in [0.717, 1.165) is 62.9 Å². The lowest BCUT2D eigenvalue weighted by Crippen LogP contribution is -2.24. The molecule has 178 valence electrons. The quantitative estimate of drug-likeness (QED) is 0.274. The normalized spacial score (nSPS) is 11.8. The first-order valence-corrected chi connectivity index (χ1v) is 12.5. The minimum Gasteiger partial charge on any atom is -0.455 e. The van der Waals surface area contributed by atoms with Crippen LogP contribution in [0.4, 0.5) is 0 Å². The van der Waals surface area contributed by atoms with Crippen LogP contribution in [0.2, 0.25) is 0 Å². The number of para-hydroxylation sites is 1. The zero-order valence-corrected chi connectivity index (χ0v) is 20.7. The third-order valence-electron chi connectivity index (χ3n) is 6.66. The molecule has 0 spiro atoms. The maximum atomic E-state index is 13.0. The highest BCUT2D eigenvalue weighted by molar-refractivity contribution is 6.14. The zero-order valence-electron chi connectivity index (χ0n) is 20.7. The minimum absolute atomic E-state index is 0.111. The Hall–Kier alpha value is -2.50. The molecule has 3 aromatic rings. The van der Waals surface area contributed by atoms with Crippen molar-refractivity contribution in [1.82, 2.24) is 9.80 Å². The van der Waals surface area contributed by atoms with Crippen molar-refractivity contribution in [1.29, 1.82) is 0 Å². The lowest BCUT2D eigenvalue weighted by molar-refractivity contribution is 0.0968. The molecule has 0 N–H and O–H groups in total. The highest BCUT2D eigenvalue weighted by atomic mass is 16.3. The molecule has 0 radical (unpaired) electrons. The first kappa shape index (κ1) is 25.1. The molecule has 0 amide bonds. The third-order valence-corrected chi connectivity index (χ3v) is 6.66. The van der Waals surface area contributed by atoms with Gasteiger partial charge in [-0.25, -0.2) is 0 Å². The second kappa shape index (κ2) is 12.1. The largest absolute Gasteiger partial charge is 0.455 e. The summed E-state index contributed by atoms with van der Waals surface area (Å²) in [5.41, 5.74) is 2.69. The van der Waals surface area contributed by atoms with Crippen LogP contribution in [0, 0.1) is 0 Å². The number of carbonyl (C=O) groups is 2. The van der Waals surface area contributed by atoms with Gasteiger partial charge in [-0.15, -0.1) is 0 Å². The molecule has 0 saturated carbocycles. The van der Waals surface area contributed by atoms with Crippen molar-refractivity contribution in [2.24, 2.45) is 0 Å². The Kier molecular flexibility index (Phi) is 9.21. The van der Waals surface area contributed by atoms with Crippen molar-refractivity contribution in [3.63, 3.8) is 0 Å². The van der Waals surface area contributed by atoms with Gasteiger partial charge in [-0.2, -0.15) is 0 Å². The molecule has 33 heavy (non-hydrogen) atoms. The number of carbonyl (C=O) groups excluding carboxylic acids is 2. The highest BCUT2D eigenvalue weighted by Gasteiger charge is 2.17. The van der Waals surface area contributed by atoms with E-state index in [1.165, 1.54) is 0 Å². The Bertz CT molecular complexity index is 1080. The lowest BCUT2D eigenvalue weighted by Gasteiger charge is -2.17. The summed E-state index contributed by atoms with van der Waals surface area (Å²) < 4.78 is 6.10. The van der Waals surface area contributed by atoms with Gasteiger partial charge in [0.15, 0.2) is 11.6 Å². The Labute approximate surface area is 197 Å². The van der Waals surface area contributed by atoms with Gasteiger partial charge in [0, 0.05) is 29.2 Å². The molecule has 0 unspecified atom stereocenters. The molecule has 0 aliphatic carbocycles. The summed E-state index contributed by atoms with van der Waals surface area (Å²) in [5.74, 6) is 0.265. The summed E-state index contributed by atoms with van der Waals surface area (Å²) in [5, 5.41) is 1.80. The second-order valence-electron chi connectivity index (χ2n) is 8.60. The van der Waals surface area contributed by atoms with E-state index >= 15 is 0 Å². The van der Waals surface area contributed by atoms with Gasteiger partial charge in [0.2, 0.25) is 0 Å². The molecule has 0 aliphatic rings. The molecule has 5 nitrogen and oxygen atoms in total. The number of benzene rings is 2. The van der Waals surface area contributed by atoms with E-state index in [1.54, 1.807) is 0 Å². The smallest absolute Gasteiger partial charge is 0.166 e. The van der Waals surface area contributed by atoms with Gasteiger partial charge < -0.3 is 14.2 Å². The average molecular weight is 451 g/mol. The van der Waals surface area contributed by atoms with Crippen LogP contribution in [-0.4, -0.2) is 60.6 Å². The number of hydrogen-bond acceptors (Lipinski definition) is 5. The predicted octanol–water partition coefficient (Wildman–Crippen LogP) is 6.20. The van der Waals surface area contributed by atoms with Crippen LogP contribution >= 0.6 is 0 Å². The SMILES string of the molecule is CCN(CC)CCCC(=O)c1ccc2oc3c(C(=O)CCCN(CC)CC)cccc3c2c1. The Morgan fingerprint density at radius 3 is 1.97 bits per heavy atom. The average Bonchev–Trinajstić information content (AvgIpc) is 3.22. The topological polar surface area (TPSA) is 53.8 Å². The number of fused-ring (bicyclic) bond motifs is 3. The maximum absolute atomic E-state index is 13.0. The standard InChI is InChI=1S/C28H38N2O3/c1-5-29(6-2)18-10-14-25(31)21-16-17-27-24(20-21)22-12-9-13-23(28(22)33-27)26(32)15-11-19-30(7-3)8-4/h9,12-13,16-17,20H,5-8,10-11,14-15,18-19H2,1-4H3. The van der Waals surface area contributed by atoms with Crippen LogP contribution in [-0.2, 0) is 0 Å². The van der Waals surface area contributed by atoms with Crippen LogP contribution < -0.4 is 0 Å². The molecule has 0 saturated heterocycles. The summed E-state index contributed by atoms with van der Waals surface area (Å²) in [6.45, 7) is 14.5. The Balaban J connectivity index is 1.76. The van der Waals surface area contributed by atoms with Crippen LogP contribution in [0.3, 0.4) is 0 Å². The van der Waals surface area contributed by atoms with E-state index in [-0.39, 0.29) is 11.6 Å². The van der Waals surface area contributed by atoms with Crippen molar-refractivity contribution in [2.45, 2.75) is 53.4 Å². The van der Waals surface area contributed by atoms with Crippen molar-refractivity contribution in [3.05, 3.63) is 47.5 Å². The Morgan fingerprint density at radius 1 is 0.758 bits per heavy atom. The lowest BCUT2D eigenvalue weighted by atomic mass is 10.0. The number of rotatable bonds is 14. The van der Waals surface area contributed by atoms with E-state index < -0.39 is 0 Å². The van der Waals surface area contributed by atoms with Crippen LogP contribution in [0.1, 0.15) is 74.1 Å². The fraction of sp³-hybridized carbons (Fsp3) is 0.500. The molecular weight excluding hydrogens is 412 g/mol. The summed E-state index contributed by atoms with van der Waals surface area (Å²) in [6, 6.07) is 11.4. The van der Waals surface area contributed by atoms with E-state index in [2.05, 4.69) is 37.5 Å². The van der Waals surface area contributed by atoms with E-state index in [4.69, 9.17) is 4.42 Å². The van der Waals surface area contributed by atoms with Crippen molar-refractivity contribution < 1.29 is 14.0 Å². The van der Waals surface area contributed by atoms with Gasteiger partial charge in [-0.1, -0.05) is 39.8 Å². The van der Waals surface area contributed by atoms with Gasteiger partial charge in [-0.05, 0) is 76.4 Å². The molecule has 0 bridgehead atoms. The predicted molar refractivity (Wildman–Crippen MR) is 136 cm³/mol. The highest BCUT2D eigenvalue weighted by Crippen LogP contribution is 2.32. The van der Waals surface area contributed by atoms with Gasteiger partial charge in [0.25, 0.3) is 0 Å². The second-order valence-corrected chi connectivity index (χ2v) is 8.60. The summed E-state index contributed by atoms with van der Waals surface area (Å²) >= 11 is 0. The van der Waals surface area contributed by atoms with Crippen LogP contribution in [0.5, 0.6) is 0 Å². The van der Waals surface area contributed by atoms with Crippen molar-refractivity contribution in [2.75, 3.05) is 39.3 Å². The van der Waals surface area contributed by atoms with Gasteiger partial charge in [0.05, 0.1) is 5.56 Å². The Morgan fingerprint density at radius 2 is 1.36 bits per heavy atom. The monoisotopic (exact) mass is 450 g/mol. The molecule has 0 aliphatic heterocycles. The van der Waals surface area contributed by atoms with Crippen LogP contribution in [0.25, 0.3) is 21.9 Å². The van der Waals surface area contributed by atoms with Gasteiger partial charge >= 0.3 is 0 Å². The maximum Gasteiger partial charge on any atom is 0.166 e. The van der Waals surface area contributed by atoms with E-state index in [9.17, 15) is 9.59 Å². The van der Waals surface area contributed by atoms with Crippen molar-refractivity contribution >= 4 is 33.5 Å². The minimum atomic E-state index is 0.111. The van der Waals surface area contributed by atoms with E-state index in [0.29, 0.717) is 35.1 Å². The molecule has 0 atom stereocenters. The number of Topliss-reactive ketones (excluding diaryl/α,β-unsaturated/α-hetero) is 2. The fourth-order valence-corrected chi connectivity index (χ4v) is 4.48. The van der Waals surface area contributed by atoms with Gasteiger partial charge in [-0.3, -0.25) is 9.59 Å².